The molecule has 0 aliphatic rings. The molecular formula is C18H23N2O2+. The van der Waals surface area contributed by atoms with Gasteiger partial charge in [-0.25, -0.2) is 0 Å². The number of rotatable bonds is 6. The van der Waals surface area contributed by atoms with Crippen molar-refractivity contribution in [1.29, 1.82) is 0 Å². The van der Waals surface area contributed by atoms with Gasteiger partial charge in [-0.3, -0.25) is 4.79 Å². The van der Waals surface area contributed by atoms with Gasteiger partial charge in [-0.15, -0.1) is 0 Å². The Morgan fingerprint density at radius 1 is 1.14 bits per heavy atom. The van der Waals surface area contributed by atoms with Crippen LogP contribution in [0.25, 0.3) is 0 Å². The number of likely N-dealkylation sites (N-methyl/N-ethyl adjacent to an activating group) is 1. The highest BCUT2D eigenvalue weighted by Crippen LogP contribution is 2.14. The second-order valence-corrected chi connectivity index (χ2v) is 5.51. The first-order valence-corrected chi connectivity index (χ1v) is 7.38. The van der Waals surface area contributed by atoms with Crippen molar-refractivity contribution in [1.82, 2.24) is 0 Å². The second-order valence-electron chi connectivity index (χ2n) is 5.51. The summed E-state index contributed by atoms with van der Waals surface area (Å²) in [5.74, 6) is 0.788. The van der Waals surface area contributed by atoms with Crippen molar-refractivity contribution in [2.45, 2.75) is 13.5 Å². The number of hydrogen-bond donors (Lipinski definition) is 2. The smallest absolute Gasteiger partial charge is 0.279 e. The molecule has 1 amide bonds. The molecule has 0 fully saturated rings. The van der Waals surface area contributed by atoms with Crippen LogP contribution in [0.5, 0.6) is 5.75 Å². The van der Waals surface area contributed by atoms with E-state index in [4.69, 9.17) is 4.74 Å². The fourth-order valence-electron chi connectivity index (χ4n) is 2.35. The van der Waals surface area contributed by atoms with Gasteiger partial charge in [-0.2, -0.15) is 0 Å². The van der Waals surface area contributed by atoms with Gasteiger partial charge >= 0.3 is 0 Å². The first kappa shape index (κ1) is 16.0. The van der Waals surface area contributed by atoms with Crippen LogP contribution >= 0.6 is 0 Å². The van der Waals surface area contributed by atoms with Crippen molar-refractivity contribution in [3.05, 3.63) is 59.7 Å². The minimum Gasteiger partial charge on any atom is -0.497 e. The number of aryl methyl sites for hydroxylation is 1. The summed E-state index contributed by atoms with van der Waals surface area (Å²) in [7, 11) is 3.65. The zero-order valence-corrected chi connectivity index (χ0v) is 13.3. The van der Waals surface area contributed by atoms with E-state index in [-0.39, 0.29) is 5.91 Å². The number of carbonyl (C=O) groups excluding carboxylic acids is 1. The number of carbonyl (C=O) groups is 1. The van der Waals surface area contributed by atoms with Gasteiger partial charge in [0, 0.05) is 11.3 Å². The molecule has 2 aromatic rings. The Morgan fingerprint density at radius 3 is 2.45 bits per heavy atom. The first-order valence-electron chi connectivity index (χ1n) is 7.38. The summed E-state index contributed by atoms with van der Waals surface area (Å²) in [5, 5.41) is 2.91. The normalized spacial score (nSPS) is 11.8. The van der Waals surface area contributed by atoms with Crippen molar-refractivity contribution >= 4 is 11.6 Å². The molecule has 0 saturated carbocycles. The standard InChI is InChI=1S/C18H22N2O2/c1-14-6-4-5-7-15(14)12-20(2)13-18(21)19-16-8-10-17(22-3)11-9-16/h4-11H,12-13H2,1-3H3,(H,19,21)/p+1. The van der Waals surface area contributed by atoms with E-state index in [1.54, 1.807) is 7.11 Å². The van der Waals surface area contributed by atoms with Crippen molar-refractivity contribution in [2.24, 2.45) is 0 Å². The molecule has 2 N–H and O–H groups in total. The van der Waals surface area contributed by atoms with Gasteiger partial charge in [-0.05, 0) is 36.8 Å². The molecule has 4 heteroatoms. The van der Waals surface area contributed by atoms with Gasteiger partial charge in [-0.1, -0.05) is 24.3 Å². The van der Waals surface area contributed by atoms with Crippen molar-refractivity contribution in [3.8, 4) is 5.75 Å². The third-order valence-corrected chi connectivity index (χ3v) is 3.59. The first-order chi connectivity index (χ1) is 10.6. The zero-order valence-electron chi connectivity index (χ0n) is 13.3. The van der Waals surface area contributed by atoms with Crippen LogP contribution in [-0.4, -0.2) is 26.6 Å². The molecule has 1 atom stereocenters. The fraction of sp³-hybridized carbons (Fsp3) is 0.278. The fourth-order valence-corrected chi connectivity index (χ4v) is 2.35. The number of quaternary nitrogens is 1. The number of nitrogens with one attached hydrogen (secondary N) is 2. The summed E-state index contributed by atoms with van der Waals surface area (Å²) in [6.07, 6.45) is 0. The van der Waals surface area contributed by atoms with Crippen molar-refractivity contribution < 1.29 is 14.4 Å². The number of hydrogen-bond acceptors (Lipinski definition) is 2. The van der Waals surface area contributed by atoms with Crippen LogP contribution in [0.4, 0.5) is 5.69 Å². The molecule has 0 radical (unpaired) electrons. The Balaban J connectivity index is 1.87. The minimum atomic E-state index is 0.0104. The largest absolute Gasteiger partial charge is 0.497 e. The maximum absolute atomic E-state index is 12.1. The molecule has 0 saturated heterocycles. The van der Waals surface area contributed by atoms with E-state index < -0.39 is 0 Å². The van der Waals surface area contributed by atoms with Gasteiger partial charge in [0.2, 0.25) is 0 Å². The van der Waals surface area contributed by atoms with Crippen LogP contribution in [0.2, 0.25) is 0 Å². The molecule has 0 aliphatic carbocycles. The summed E-state index contributed by atoms with van der Waals surface area (Å²) >= 11 is 0. The van der Waals surface area contributed by atoms with Crippen LogP contribution in [0.1, 0.15) is 11.1 Å². The van der Waals surface area contributed by atoms with E-state index in [9.17, 15) is 4.79 Å². The topological polar surface area (TPSA) is 42.8 Å². The highest BCUT2D eigenvalue weighted by molar-refractivity contribution is 5.91. The highest BCUT2D eigenvalue weighted by atomic mass is 16.5. The highest BCUT2D eigenvalue weighted by Gasteiger charge is 2.11. The Labute approximate surface area is 131 Å². The predicted molar refractivity (Wildman–Crippen MR) is 88.3 cm³/mol. The van der Waals surface area contributed by atoms with E-state index in [2.05, 4.69) is 24.4 Å². The zero-order chi connectivity index (χ0) is 15.9. The predicted octanol–water partition coefficient (Wildman–Crippen LogP) is 1.66. The molecular weight excluding hydrogens is 276 g/mol. The molecule has 0 aliphatic heterocycles. The van der Waals surface area contributed by atoms with Gasteiger partial charge in [0.1, 0.15) is 12.3 Å². The number of ether oxygens (including phenoxy) is 1. The summed E-state index contributed by atoms with van der Waals surface area (Å²) in [6.45, 7) is 3.36. The van der Waals surface area contributed by atoms with E-state index in [0.717, 1.165) is 22.9 Å². The average molecular weight is 299 g/mol. The third-order valence-electron chi connectivity index (χ3n) is 3.59. The molecule has 22 heavy (non-hydrogen) atoms. The number of amides is 1. The summed E-state index contributed by atoms with van der Waals surface area (Å²) in [4.78, 5) is 13.2. The molecule has 0 aromatic heterocycles. The molecule has 4 nitrogen and oxygen atoms in total. The number of methoxy groups -OCH3 is 1. The lowest BCUT2D eigenvalue weighted by molar-refractivity contribution is -0.885. The average Bonchev–Trinajstić information content (AvgIpc) is 2.50. The molecule has 0 heterocycles. The van der Waals surface area contributed by atoms with Crippen LogP contribution in [0, 0.1) is 6.92 Å². The molecule has 1 unspecified atom stereocenters. The Hall–Kier alpha value is -2.33. The van der Waals surface area contributed by atoms with Gasteiger partial charge in [0.25, 0.3) is 5.91 Å². The molecule has 116 valence electrons. The molecule has 2 aromatic carbocycles. The summed E-state index contributed by atoms with van der Waals surface area (Å²) in [5.41, 5.74) is 3.32. The number of anilines is 1. The van der Waals surface area contributed by atoms with Crippen LogP contribution in [0.15, 0.2) is 48.5 Å². The van der Waals surface area contributed by atoms with Crippen LogP contribution < -0.4 is 15.0 Å². The second kappa shape index (κ2) is 7.61. The van der Waals surface area contributed by atoms with E-state index in [1.807, 2.05) is 43.4 Å². The van der Waals surface area contributed by atoms with Gasteiger partial charge in [0.05, 0.1) is 14.2 Å². The Morgan fingerprint density at radius 2 is 1.82 bits per heavy atom. The van der Waals surface area contributed by atoms with Gasteiger partial charge < -0.3 is 15.0 Å². The number of benzene rings is 2. The third kappa shape index (κ3) is 4.60. The van der Waals surface area contributed by atoms with E-state index in [0.29, 0.717) is 6.54 Å². The quantitative estimate of drug-likeness (QED) is 0.852. The maximum atomic E-state index is 12.1. The monoisotopic (exact) mass is 299 g/mol. The summed E-state index contributed by atoms with van der Waals surface area (Å²) in [6, 6.07) is 15.6. The minimum absolute atomic E-state index is 0.0104. The van der Waals surface area contributed by atoms with Crippen LogP contribution in [0.3, 0.4) is 0 Å². The lowest BCUT2D eigenvalue weighted by atomic mass is 10.1. The lowest BCUT2D eigenvalue weighted by Crippen LogP contribution is -3.08. The van der Waals surface area contributed by atoms with Crippen LogP contribution in [-0.2, 0) is 11.3 Å². The molecule has 2 rings (SSSR count). The van der Waals surface area contributed by atoms with Gasteiger partial charge in [0.15, 0.2) is 6.54 Å². The SMILES string of the molecule is COc1ccc(NC(=O)C[NH+](C)Cc2ccccc2C)cc1. The lowest BCUT2D eigenvalue weighted by Gasteiger charge is -2.15. The van der Waals surface area contributed by atoms with E-state index >= 15 is 0 Å². The van der Waals surface area contributed by atoms with Crippen molar-refractivity contribution in [3.63, 3.8) is 0 Å². The summed E-state index contributed by atoms with van der Waals surface area (Å²) < 4.78 is 5.10. The van der Waals surface area contributed by atoms with E-state index in [1.165, 1.54) is 11.1 Å². The molecule has 0 bridgehead atoms. The Kier molecular flexibility index (Phi) is 5.55. The van der Waals surface area contributed by atoms with Crippen molar-refractivity contribution in [2.75, 3.05) is 26.0 Å². The molecule has 0 spiro atoms. The maximum Gasteiger partial charge on any atom is 0.279 e. The Bertz CT molecular complexity index is 623.